The van der Waals surface area contributed by atoms with Crippen LogP contribution in [0.1, 0.15) is 18.2 Å². The Hall–Kier alpha value is -2.03. The van der Waals surface area contributed by atoms with E-state index in [2.05, 4.69) is 54.0 Å². The van der Waals surface area contributed by atoms with Crippen LogP contribution in [0.15, 0.2) is 49.2 Å². The largest absolute Gasteiger partial charge is 0.363 e. The molecule has 0 atom stereocenters. The summed E-state index contributed by atoms with van der Waals surface area (Å²) in [5.41, 5.74) is 3.68. The minimum atomic E-state index is 0.835. The highest BCUT2D eigenvalue weighted by Crippen LogP contribution is 2.18. The van der Waals surface area contributed by atoms with Crippen molar-refractivity contribution in [2.45, 2.75) is 19.9 Å². The van der Waals surface area contributed by atoms with Crippen molar-refractivity contribution in [1.82, 2.24) is 9.78 Å². The van der Waals surface area contributed by atoms with Crippen molar-refractivity contribution < 1.29 is 0 Å². The summed E-state index contributed by atoms with van der Waals surface area (Å²) in [5, 5.41) is 4.50. The van der Waals surface area contributed by atoms with Crippen LogP contribution in [-0.4, -0.2) is 16.3 Å². The lowest BCUT2D eigenvalue weighted by atomic mass is 10.2. The van der Waals surface area contributed by atoms with Crippen LogP contribution in [0.2, 0.25) is 0 Å². The van der Waals surface area contributed by atoms with Gasteiger partial charge in [-0.1, -0.05) is 31.2 Å². The number of rotatable bonds is 6. The van der Waals surface area contributed by atoms with E-state index < -0.39 is 0 Å². The number of para-hydroxylation sites is 1. The first-order valence-corrected chi connectivity index (χ1v) is 6.67. The number of aromatic nitrogens is 2. The van der Waals surface area contributed by atoms with Crippen LogP contribution in [0.4, 0.5) is 5.69 Å². The van der Waals surface area contributed by atoms with E-state index in [9.17, 15) is 0 Å². The summed E-state index contributed by atoms with van der Waals surface area (Å²) in [6.45, 7) is 7.70. The zero-order valence-electron chi connectivity index (χ0n) is 11.7. The van der Waals surface area contributed by atoms with E-state index in [0.717, 1.165) is 19.5 Å². The maximum absolute atomic E-state index is 4.50. The molecule has 0 aliphatic rings. The van der Waals surface area contributed by atoms with Crippen molar-refractivity contribution in [2.75, 3.05) is 11.4 Å². The molecule has 1 aromatic heterocycles. The highest BCUT2D eigenvalue weighted by atomic mass is 15.3. The highest BCUT2D eigenvalue weighted by Gasteiger charge is 2.11. The molecule has 0 radical (unpaired) electrons. The van der Waals surface area contributed by atoms with E-state index in [0.29, 0.717) is 0 Å². The van der Waals surface area contributed by atoms with Gasteiger partial charge in [0.25, 0.3) is 0 Å². The number of benzene rings is 1. The van der Waals surface area contributed by atoms with Crippen molar-refractivity contribution in [3.05, 3.63) is 60.4 Å². The van der Waals surface area contributed by atoms with Gasteiger partial charge in [-0.05, 0) is 18.6 Å². The molecule has 1 heterocycles. The van der Waals surface area contributed by atoms with E-state index in [1.54, 1.807) is 0 Å². The summed E-state index contributed by atoms with van der Waals surface area (Å²) in [5.74, 6) is 0. The molecule has 0 amide bonds. The molecule has 0 N–H and O–H groups in total. The zero-order chi connectivity index (χ0) is 13.7. The Bertz CT molecular complexity index is 528. The fourth-order valence-electron chi connectivity index (χ4n) is 2.27. The average Bonchev–Trinajstić information content (AvgIpc) is 2.79. The quantitative estimate of drug-likeness (QED) is 0.739. The molecule has 0 spiro atoms. The van der Waals surface area contributed by atoms with Gasteiger partial charge in [-0.25, -0.2) is 0 Å². The summed E-state index contributed by atoms with van der Waals surface area (Å²) in [4.78, 5) is 2.31. The number of aryl methyl sites for hydroxylation is 2. The van der Waals surface area contributed by atoms with Crippen molar-refractivity contribution in [3.8, 4) is 0 Å². The standard InChI is InChI=1S/C16H21N3/c1-4-11-19(15-9-7-6-8-10-15)13-14-12-18(3)17-16(14)5-2/h4,6-10,12H,1,5,11,13H2,2-3H3. The van der Waals surface area contributed by atoms with Crippen molar-refractivity contribution in [1.29, 1.82) is 0 Å². The van der Waals surface area contributed by atoms with Crippen LogP contribution in [0.25, 0.3) is 0 Å². The molecule has 3 heteroatoms. The van der Waals surface area contributed by atoms with Crippen molar-refractivity contribution >= 4 is 5.69 Å². The summed E-state index contributed by atoms with van der Waals surface area (Å²) >= 11 is 0. The first-order valence-electron chi connectivity index (χ1n) is 6.67. The Kier molecular flexibility index (Phi) is 4.39. The minimum Gasteiger partial charge on any atom is -0.363 e. The third-order valence-electron chi connectivity index (χ3n) is 3.16. The Morgan fingerprint density at radius 2 is 2.05 bits per heavy atom. The maximum Gasteiger partial charge on any atom is 0.0671 e. The molecule has 0 bridgehead atoms. The van der Waals surface area contributed by atoms with Gasteiger partial charge in [0.2, 0.25) is 0 Å². The van der Waals surface area contributed by atoms with E-state index in [4.69, 9.17) is 0 Å². The Morgan fingerprint density at radius 1 is 1.32 bits per heavy atom. The summed E-state index contributed by atoms with van der Waals surface area (Å²) < 4.78 is 1.89. The van der Waals surface area contributed by atoms with Gasteiger partial charge in [-0.2, -0.15) is 5.10 Å². The average molecular weight is 255 g/mol. The molecule has 2 aromatic rings. The predicted octanol–water partition coefficient (Wildman–Crippen LogP) is 3.18. The normalized spacial score (nSPS) is 10.4. The monoisotopic (exact) mass is 255 g/mol. The van der Waals surface area contributed by atoms with Crippen molar-refractivity contribution in [2.24, 2.45) is 7.05 Å². The summed E-state index contributed by atoms with van der Waals surface area (Å²) in [7, 11) is 1.98. The predicted molar refractivity (Wildman–Crippen MR) is 80.3 cm³/mol. The number of anilines is 1. The molecular formula is C16H21N3. The lowest BCUT2D eigenvalue weighted by Crippen LogP contribution is -2.22. The molecular weight excluding hydrogens is 234 g/mol. The molecule has 19 heavy (non-hydrogen) atoms. The van der Waals surface area contributed by atoms with Gasteiger partial charge in [0.1, 0.15) is 0 Å². The SMILES string of the molecule is C=CCN(Cc1cn(C)nc1CC)c1ccccc1. The third-order valence-corrected chi connectivity index (χ3v) is 3.16. The Morgan fingerprint density at radius 3 is 2.68 bits per heavy atom. The molecule has 0 saturated heterocycles. The van der Waals surface area contributed by atoms with E-state index in [1.165, 1.54) is 16.9 Å². The summed E-state index contributed by atoms with van der Waals surface area (Å²) in [6.07, 6.45) is 5.01. The lowest BCUT2D eigenvalue weighted by Gasteiger charge is -2.23. The Labute approximate surface area is 115 Å². The van der Waals surface area contributed by atoms with Gasteiger partial charge in [0, 0.05) is 37.6 Å². The molecule has 0 fully saturated rings. The fourth-order valence-corrected chi connectivity index (χ4v) is 2.27. The maximum atomic E-state index is 4.50. The van der Waals surface area contributed by atoms with Crippen LogP contribution in [0.3, 0.4) is 0 Å². The highest BCUT2D eigenvalue weighted by molar-refractivity contribution is 5.47. The molecule has 100 valence electrons. The van der Waals surface area contributed by atoms with E-state index in [-0.39, 0.29) is 0 Å². The van der Waals surface area contributed by atoms with Crippen molar-refractivity contribution in [3.63, 3.8) is 0 Å². The second-order valence-corrected chi connectivity index (χ2v) is 4.63. The molecule has 1 aromatic carbocycles. The summed E-state index contributed by atoms with van der Waals surface area (Å²) in [6, 6.07) is 10.4. The lowest BCUT2D eigenvalue weighted by molar-refractivity contribution is 0.746. The number of nitrogens with zero attached hydrogens (tertiary/aromatic N) is 3. The van der Waals surface area contributed by atoms with Crippen LogP contribution in [0.5, 0.6) is 0 Å². The van der Waals surface area contributed by atoms with Gasteiger partial charge < -0.3 is 4.90 Å². The molecule has 0 aliphatic carbocycles. The number of hydrogen-bond acceptors (Lipinski definition) is 2. The van der Waals surface area contributed by atoms with Crippen LogP contribution >= 0.6 is 0 Å². The minimum absolute atomic E-state index is 0.835. The van der Waals surface area contributed by atoms with E-state index >= 15 is 0 Å². The second-order valence-electron chi connectivity index (χ2n) is 4.63. The molecule has 0 unspecified atom stereocenters. The second kappa shape index (κ2) is 6.23. The van der Waals surface area contributed by atoms with Gasteiger partial charge in [0.15, 0.2) is 0 Å². The molecule has 3 nitrogen and oxygen atoms in total. The topological polar surface area (TPSA) is 21.1 Å². The molecule has 0 saturated carbocycles. The fraction of sp³-hybridized carbons (Fsp3) is 0.312. The van der Waals surface area contributed by atoms with Gasteiger partial charge >= 0.3 is 0 Å². The van der Waals surface area contributed by atoms with Crippen LogP contribution in [-0.2, 0) is 20.0 Å². The first kappa shape index (κ1) is 13.4. The van der Waals surface area contributed by atoms with Crippen LogP contribution in [0, 0.1) is 0 Å². The molecule has 2 rings (SSSR count). The van der Waals surface area contributed by atoms with Gasteiger partial charge in [-0.15, -0.1) is 6.58 Å². The zero-order valence-corrected chi connectivity index (χ0v) is 11.7. The van der Waals surface area contributed by atoms with Gasteiger partial charge in [0.05, 0.1) is 5.69 Å². The third kappa shape index (κ3) is 3.25. The number of hydrogen-bond donors (Lipinski definition) is 0. The smallest absolute Gasteiger partial charge is 0.0671 e. The van der Waals surface area contributed by atoms with E-state index in [1.807, 2.05) is 23.9 Å². The van der Waals surface area contributed by atoms with Crippen LogP contribution < -0.4 is 4.90 Å². The molecule has 0 aliphatic heterocycles. The Balaban J connectivity index is 2.23. The first-order chi connectivity index (χ1) is 9.24. The van der Waals surface area contributed by atoms with Gasteiger partial charge in [-0.3, -0.25) is 4.68 Å².